The molecule has 0 saturated heterocycles. The minimum atomic E-state index is -0.655. The van der Waals surface area contributed by atoms with E-state index in [1.807, 2.05) is 24.3 Å². The molecule has 0 unspecified atom stereocenters. The molecule has 0 radical (unpaired) electrons. The van der Waals surface area contributed by atoms with Gasteiger partial charge in [0.2, 0.25) is 11.8 Å². The van der Waals surface area contributed by atoms with Crippen LogP contribution < -0.4 is 16.0 Å². The van der Waals surface area contributed by atoms with Crippen molar-refractivity contribution < 1.29 is 19.1 Å². The second-order valence-electron chi connectivity index (χ2n) is 7.68. The molecule has 0 atom stereocenters. The van der Waals surface area contributed by atoms with Crippen LogP contribution in [0.15, 0.2) is 54.6 Å². The van der Waals surface area contributed by atoms with Gasteiger partial charge in [-0.25, -0.2) is 4.79 Å². The van der Waals surface area contributed by atoms with Crippen molar-refractivity contribution in [1.29, 1.82) is 0 Å². The molecule has 3 N–H and O–H groups in total. The molecule has 8 heteroatoms. The van der Waals surface area contributed by atoms with Crippen LogP contribution in [-0.2, 0) is 20.9 Å². The molecule has 0 saturated carbocycles. The molecule has 0 fully saturated rings. The summed E-state index contributed by atoms with van der Waals surface area (Å²) in [5, 5.41) is 8.42. The monoisotopic (exact) mass is 443 g/mol. The van der Waals surface area contributed by atoms with Gasteiger partial charge in [0, 0.05) is 23.3 Å². The van der Waals surface area contributed by atoms with Crippen LogP contribution in [0, 0.1) is 0 Å². The average molecular weight is 444 g/mol. The number of ether oxygens (including phenoxy) is 1. The molecule has 164 valence electrons. The van der Waals surface area contributed by atoms with E-state index in [-0.39, 0.29) is 24.9 Å². The van der Waals surface area contributed by atoms with Crippen LogP contribution in [0.5, 0.6) is 0 Å². The standard InChI is InChI=1S/C23H26ClN3O4/c1-23(2,3)31-22(30)26-15-21(29)25-14-16-7-6-9-18(13-16)27-20(28)12-11-17-8-4-5-10-19(17)24/h4-13H,14-15H2,1-3H3,(H,25,29)(H,26,30)(H,27,28)/b12-11+. The minimum Gasteiger partial charge on any atom is -0.444 e. The zero-order valence-corrected chi connectivity index (χ0v) is 18.5. The van der Waals surface area contributed by atoms with Gasteiger partial charge in [0.15, 0.2) is 0 Å². The highest BCUT2D eigenvalue weighted by molar-refractivity contribution is 6.32. The van der Waals surface area contributed by atoms with Gasteiger partial charge < -0.3 is 20.7 Å². The van der Waals surface area contributed by atoms with E-state index in [1.54, 1.807) is 51.1 Å². The van der Waals surface area contributed by atoms with Crippen molar-refractivity contribution in [1.82, 2.24) is 10.6 Å². The van der Waals surface area contributed by atoms with E-state index in [0.717, 1.165) is 11.1 Å². The van der Waals surface area contributed by atoms with Crippen LogP contribution in [-0.4, -0.2) is 30.1 Å². The average Bonchev–Trinajstić information content (AvgIpc) is 2.69. The van der Waals surface area contributed by atoms with Gasteiger partial charge in [0.25, 0.3) is 0 Å². The van der Waals surface area contributed by atoms with Gasteiger partial charge in [-0.1, -0.05) is 41.9 Å². The molecule has 0 aromatic heterocycles. The first-order valence-corrected chi connectivity index (χ1v) is 10.1. The van der Waals surface area contributed by atoms with Gasteiger partial charge in [-0.3, -0.25) is 9.59 Å². The predicted molar refractivity (Wildman–Crippen MR) is 122 cm³/mol. The minimum absolute atomic E-state index is 0.196. The predicted octanol–water partition coefficient (Wildman–Crippen LogP) is 4.13. The maximum absolute atomic E-state index is 12.2. The Hall–Kier alpha value is -3.32. The van der Waals surface area contributed by atoms with E-state index in [1.165, 1.54) is 6.08 Å². The topological polar surface area (TPSA) is 96.5 Å². The lowest BCUT2D eigenvalue weighted by Gasteiger charge is -2.19. The summed E-state index contributed by atoms with van der Waals surface area (Å²) >= 11 is 6.07. The third-order valence-electron chi connectivity index (χ3n) is 3.80. The van der Waals surface area contributed by atoms with Gasteiger partial charge in [0.1, 0.15) is 12.1 Å². The summed E-state index contributed by atoms with van der Waals surface area (Å²) in [6.07, 6.45) is 2.38. The first kappa shape index (κ1) is 24.0. The zero-order valence-electron chi connectivity index (χ0n) is 17.7. The molecule has 3 amide bonds. The Morgan fingerprint density at radius 2 is 1.77 bits per heavy atom. The van der Waals surface area contributed by atoms with E-state index >= 15 is 0 Å². The summed E-state index contributed by atoms with van der Waals surface area (Å²) < 4.78 is 5.08. The SMILES string of the molecule is CC(C)(C)OC(=O)NCC(=O)NCc1cccc(NC(=O)/C=C/c2ccccc2Cl)c1. The number of carbonyl (C=O) groups is 3. The number of benzene rings is 2. The fourth-order valence-electron chi connectivity index (χ4n) is 2.45. The molecule has 7 nitrogen and oxygen atoms in total. The van der Waals surface area contributed by atoms with Gasteiger partial charge in [-0.2, -0.15) is 0 Å². The molecule has 0 heterocycles. The molecule has 0 aliphatic rings. The fourth-order valence-corrected chi connectivity index (χ4v) is 2.65. The molecule has 0 bridgehead atoms. The maximum Gasteiger partial charge on any atom is 0.408 e. The van der Waals surface area contributed by atoms with E-state index in [4.69, 9.17) is 16.3 Å². The van der Waals surface area contributed by atoms with Crippen LogP contribution in [0.4, 0.5) is 10.5 Å². The van der Waals surface area contributed by atoms with E-state index in [0.29, 0.717) is 10.7 Å². The highest BCUT2D eigenvalue weighted by Crippen LogP contribution is 2.16. The van der Waals surface area contributed by atoms with E-state index in [2.05, 4.69) is 16.0 Å². The number of amides is 3. The number of carbonyl (C=O) groups excluding carboxylic acids is 3. The van der Waals surface area contributed by atoms with Gasteiger partial charge >= 0.3 is 6.09 Å². The zero-order chi connectivity index (χ0) is 22.9. The van der Waals surface area contributed by atoms with Crippen LogP contribution in [0.1, 0.15) is 31.9 Å². The van der Waals surface area contributed by atoms with Crippen LogP contribution in [0.2, 0.25) is 5.02 Å². The summed E-state index contributed by atoms with van der Waals surface area (Å²) in [5.74, 6) is -0.661. The Morgan fingerprint density at radius 3 is 2.48 bits per heavy atom. The molecule has 0 aliphatic carbocycles. The van der Waals surface area contributed by atoms with Gasteiger partial charge in [-0.05, 0) is 56.2 Å². The molecule has 2 rings (SSSR count). The highest BCUT2D eigenvalue weighted by atomic mass is 35.5. The molecule has 31 heavy (non-hydrogen) atoms. The third-order valence-corrected chi connectivity index (χ3v) is 4.14. The Morgan fingerprint density at radius 1 is 1.03 bits per heavy atom. The third kappa shape index (κ3) is 9.35. The molecule has 0 aliphatic heterocycles. The maximum atomic E-state index is 12.2. The summed E-state index contributed by atoms with van der Waals surface area (Å²) in [4.78, 5) is 35.7. The number of hydrogen-bond acceptors (Lipinski definition) is 4. The lowest BCUT2D eigenvalue weighted by atomic mass is 10.2. The van der Waals surface area contributed by atoms with E-state index in [9.17, 15) is 14.4 Å². The lowest BCUT2D eigenvalue weighted by Crippen LogP contribution is -2.39. The number of hydrogen-bond donors (Lipinski definition) is 3. The summed E-state index contributed by atoms with van der Waals surface area (Å²) in [6, 6.07) is 14.3. The van der Waals surface area contributed by atoms with Crippen molar-refractivity contribution in [2.75, 3.05) is 11.9 Å². The molecule has 0 spiro atoms. The molecular formula is C23H26ClN3O4. The lowest BCUT2D eigenvalue weighted by molar-refractivity contribution is -0.120. The summed E-state index contributed by atoms with van der Waals surface area (Å²) in [7, 11) is 0. The number of halogens is 1. The van der Waals surface area contributed by atoms with Gasteiger partial charge in [0.05, 0.1) is 0 Å². The molecular weight excluding hydrogens is 418 g/mol. The Labute approximate surface area is 186 Å². The van der Waals surface area contributed by atoms with Crippen molar-refractivity contribution >= 4 is 41.3 Å². The van der Waals surface area contributed by atoms with E-state index < -0.39 is 11.7 Å². The highest BCUT2D eigenvalue weighted by Gasteiger charge is 2.16. The number of alkyl carbamates (subject to hydrolysis) is 1. The van der Waals surface area contributed by atoms with Crippen LogP contribution in [0.25, 0.3) is 6.08 Å². The number of nitrogens with one attached hydrogen (secondary N) is 3. The molecule has 2 aromatic carbocycles. The number of anilines is 1. The Kier molecular flexibility index (Phi) is 8.63. The first-order valence-electron chi connectivity index (χ1n) is 9.68. The van der Waals surface area contributed by atoms with Crippen molar-refractivity contribution in [3.8, 4) is 0 Å². The quantitative estimate of drug-likeness (QED) is 0.560. The summed E-state index contributed by atoms with van der Waals surface area (Å²) in [5.41, 5.74) is 1.50. The normalized spacial score (nSPS) is 11.1. The largest absolute Gasteiger partial charge is 0.444 e. The molecule has 2 aromatic rings. The second kappa shape index (κ2) is 11.2. The van der Waals surface area contributed by atoms with Crippen LogP contribution >= 0.6 is 11.6 Å². The smallest absolute Gasteiger partial charge is 0.408 e. The van der Waals surface area contributed by atoms with Crippen molar-refractivity contribution in [2.24, 2.45) is 0 Å². The van der Waals surface area contributed by atoms with Crippen molar-refractivity contribution in [3.05, 3.63) is 70.8 Å². The second-order valence-corrected chi connectivity index (χ2v) is 8.08. The van der Waals surface area contributed by atoms with Crippen molar-refractivity contribution in [2.45, 2.75) is 32.9 Å². The first-order chi connectivity index (χ1) is 14.6. The summed E-state index contributed by atoms with van der Waals surface area (Å²) in [6.45, 7) is 5.27. The number of rotatable bonds is 7. The fraction of sp³-hybridized carbons (Fsp3) is 0.261. The van der Waals surface area contributed by atoms with Gasteiger partial charge in [-0.15, -0.1) is 0 Å². The van der Waals surface area contributed by atoms with Crippen LogP contribution in [0.3, 0.4) is 0 Å². The van der Waals surface area contributed by atoms with Crippen molar-refractivity contribution in [3.63, 3.8) is 0 Å². The Bertz CT molecular complexity index is 967. The Balaban J connectivity index is 1.82.